The van der Waals surface area contributed by atoms with Crippen LogP contribution in [0.15, 0.2) is 130 Å². The molecule has 8 aromatic rings. The van der Waals surface area contributed by atoms with Gasteiger partial charge in [-0.05, 0) is 56.8 Å². The molecule has 0 aliphatic heterocycles. The van der Waals surface area contributed by atoms with Crippen molar-refractivity contribution in [2.24, 2.45) is 0 Å². The summed E-state index contributed by atoms with van der Waals surface area (Å²) < 4.78 is 186. The van der Waals surface area contributed by atoms with Crippen molar-refractivity contribution in [3.05, 3.63) is 121 Å². The first-order valence-electron chi connectivity index (χ1n) is 20.6. The molecular weight excluding hydrogens is 440 g/mol. The van der Waals surface area contributed by atoms with E-state index in [0.29, 0.717) is 0 Å². The molecule has 0 unspecified atom stereocenters. The molecule has 2 nitrogen and oxygen atoms in total. The van der Waals surface area contributed by atoms with Gasteiger partial charge in [0.15, 0.2) is 0 Å². The molecular formula is C34H20O2. The summed E-state index contributed by atoms with van der Waals surface area (Å²) in [5, 5.41) is -3.04. The first-order chi connectivity index (χ1) is 26.2. The number of hydrogen-bond acceptors (Lipinski definition) is 2. The highest BCUT2D eigenvalue weighted by atomic mass is 16.3. The Morgan fingerprint density at radius 3 is 1.67 bits per heavy atom. The average molecular weight is 481 g/mol. The van der Waals surface area contributed by atoms with Gasteiger partial charge in [0.2, 0.25) is 0 Å². The van der Waals surface area contributed by atoms with E-state index >= 15 is 0 Å². The lowest BCUT2D eigenvalue weighted by Gasteiger charge is -2.16. The van der Waals surface area contributed by atoms with Gasteiger partial charge >= 0.3 is 0 Å². The first kappa shape index (κ1) is 8.39. The van der Waals surface area contributed by atoms with Gasteiger partial charge in [-0.15, -0.1) is 0 Å². The molecule has 0 atom stereocenters. The standard InChI is InChI=1S/C34H20O2/c1-2-10-21(11-3-1)32-23-13-4-6-15-25(23)33(26-16-7-5-14-24(26)32)31-20-28-30(35-31)19-18-27-22-12-8-9-17-29(22)36-34(27)28/h1-20H/i1D,2D,3D,4D,5D,6D,7D,8D,9D,10D,11D,12D,13D,14D,15D,16D,17D,18D,19D,20D. The highest BCUT2D eigenvalue weighted by Crippen LogP contribution is 2.45. The summed E-state index contributed by atoms with van der Waals surface area (Å²) in [5.74, 6) is -0.641. The van der Waals surface area contributed by atoms with E-state index in [2.05, 4.69) is 0 Å². The molecule has 2 aromatic heterocycles. The molecule has 36 heavy (non-hydrogen) atoms. The van der Waals surface area contributed by atoms with Crippen LogP contribution < -0.4 is 0 Å². The lowest BCUT2D eigenvalue weighted by Crippen LogP contribution is -1.89. The van der Waals surface area contributed by atoms with Crippen molar-refractivity contribution in [3.63, 3.8) is 0 Å². The Kier molecular flexibility index (Phi) is 1.71. The van der Waals surface area contributed by atoms with Crippen LogP contribution in [0.5, 0.6) is 0 Å². The van der Waals surface area contributed by atoms with Crippen LogP contribution in [0.3, 0.4) is 0 Å². The molecule has 2 heteroatoms. The van der Waals surface area contributed by atoms with E-state index in [-0.39, 0.29) is 21.7 Å². The number of hydrogen-bond donors (Lipinski definition) is 0. The van der Waals surface area contributed by atoms with Gasteiger partial charge < -0.3 is 8.83 Å². The van der Waals surface area contributed by atoms with Crippen LogP contribution >= 0.6 is 0 Å². The smallest absolute Gasteiger partial charge is 0.146 e. The maximum absolute atomic E-state index is 9.45. The zero-order valence-corrected chi connectivity index (χ0v) is 17.8. The molecule has 0 N–H and O–H groups in total. The molecule has 2 heterocycles. The van der Waals surface area contributed by atoms with Crippen LogP contribution in [0.4, 0.5) is 0 Å². The van der Waals surface area contributed by atoms with Crippen LogP contribution in [-0.4, -0.2) is 0 Å². The van der Waals surface area contributed by atoms with E-state index in [9.17, 15) is 1.37 Å². The van der Waals surface area contributed by atoms with Gasteiger partial charge in [-0.2, -0.15) is 0 Å². The summed E-state index contributed by atoms with van der Waals surface area (Å²) in [4.78, 5) is 0. The Morgan fingerprint density at radius 1 is 0.417 bits per heavy atom. The van der Waals surface area contributed by atoms with Gasteiger partial charge in [-0.3, -0.25) is 0 Å². The quantitative estimate of drug-likeness (QED) is 0.230. The van der Waals surface area contributed by atoms with E-state index in [1.807, 2.05) is 0 Å². The Morgan fingerprint density at radius 2 is 0.972 bits per heavy atom. The topological polar surface area (TPSA) is 26.3 Å². The SMILES string of the molecule is [2H]c1c([2H])c([2H])c(-c2c3c([2H])c([2H])c([2H])c([2H])c3c(-c3oc4c([2H])c([2H])c5c(oc6c([2H])c([2H])c([2H])c([2H])c65)c4c3[2H])c3c([2H])c([2H])c([2H])c([2H])c23)c([2H])c1[2H]. The summed E-state index contributed by atoms with van der Waals surface area (Å²) in [6, 6.07) is -15.4. The fourth-order valence-electron chi connectivity index (χ4n) is 4.42. The van der Waals surface area contributed by atoms with Crippen LogP contribution in [0, 0.1) is 0 Å². The minimum atomic E-state index is -0.853. The molecule has 0 saturated heterocycles. The van der Waals surface area contributed by atoms with Crippen molar-refractivity contribution < 1.29 is 36.2 Å². The molecule has 6 aromatic carbocycles. The first-order valence-corrected chi connectivity index (χ1v) is 10.6. The zero-order valence-electron chi connectivity index (χ0n) is 37.8. The molecule has 8 rings (SSSR count). The normalized spacial score (nSPS) is 19.7. The largest absolute Gasteiger partial charge is 0.456 e. The van der Waals surface area contributed by atoms with E-state index in [0.717, 1.165) is 0 Å². The Hall–Kier alpha value is -4.82. The number of fused-ring (bicyclic) bond motifs is 7. The average Bonchev–Trinajstić information content (AvgIpc) is 3.74. The predicted octanol–water partition coefficient (Wildman–Crippen LogP) is 9.97. The van der Waals surface area contributed by atoms with Crippen molar-refractivity contribution in [1.29, 1.82) is 0 Å². The molecule has 0 aliphatic carbocycles. The highest BCUT2D eigenvalue weighted by molar-refractivity contribution is 6.22. The third kappa shape index (κ3) is 2.67. The van der Waals surface area contributed by atoms with Crippen molar-refractivity contribution >= 4 is 54.5 Å². The fourth-order valence-corrected chi connectivity index (χ4v) is 4.42. The summed E-state index contributed by atoms with van der Waals surface area (Å²) >= 11 is 0. The molecule has 168 valence electrons. The monoisotopic (exact) mass is 480 g/mol. The van der Waals surface area contributed by atoms with Crippen molar-refractivity contribution in [1.82, 2.24) is 0 Å². The third-order valence-corrected chi connectivity index (χ3v) is 5.88. The van der Waals surface area contributed by atoms with Gasteiger partial charge in [-0.1, -0.05) is 96.7 Å². The van der Waals surface area contributed by atoms with E-state index in [4.69, 9.17) is 34.9 Å². The molecule has 0 bridgehead atoms. The van der Waals surface area contributed by atoms with Crippen LogP contribution in [0.25, 0.3) is 76.9 Å². The second-order valence-corrected chi connectivity index (χ2v) is 7.77. The van der Waals surface area contributed by atoms with Gasteiger partial charge in [0.05, 0.1) is 32.8 Å². The zero-order chi connectivity index (χ0) is 41.0. The second-order valence-electron chi connectivity index (χ2n) is 7.77. The molecule has 0 radical (unpaired) electrons. The minimum Gasteiger partial charge on any atom is -0.456 e. The highest BCUT2D eigenvalue weighted by Gasteiger charge is 2.20. The summed E-state index contributed by atoms with van der Waals surface area (Å²) in [6.45, 7) is 0. The summed E-state index contributed by atoms with van der Waals surface area (Å²) in [5.41, 5.74) is -2.97. The maximum Gasteiger partial charge on any atom is 0.146 e. The predicted molar refractivity (Wildman–Crippen MR) is 149 cm³/mol. The maximum atomic E-state index is 9.45. The van der Waals surface area contributed by atoms with Crippen molar-refractivity contribution in [2.75, 3.05) is 0 Å². The van der Waals surface area contributed by atoms with Gasteiger partial charge in [-0.25, -0.2) is 0 Å². The molecule has 0 saturated carbocycles. The second kappa shape index (κ2) is 7.34. The Balaban J connectivity index is 1.71. The molecule has 0 aliphatic rings. The third-order valence-electron chi connectivity index (χ3n) is 5.88. The Labute approximate surface area is 235 Å². The van der Waals surface area contributed by atoms with Gasteiger partial charge in [0, 0.05) is 16.3 Å². The van der Waals surface area contributed by atoms with E-state index < -0.39 is 176 Å². The summed E-state index contributed by atoms with van der Waals surface area (Å²) in [7, 11) is 0. The van der Waals surface area contributed by atoms with Gasteiger partial charge in [0.25, 0.3) is 0 Å². The van der Waals surface area contributed by atoms with Crippen molar-refractivity contribution in [2.45, 2.75) is 0 Å². The lowest BCUT2D eigenvalue weighted by atomic mass is 9.87. The van der Waals surface area contributed by atoms with Crippen LogP contribution in [0.1, 0.15) is 27.4 Å². The lowest BCUT2D eigenvalue weighted by molar-refractivity contribution is 0.632. The number of para-hydroxylation sites is 1. The van der Waals surface area contributed by atoms with Gasteiger partial charge in [0.1, 0.15) is 22.5 Å². The van der Waals surface area contributed by atoms with Crippen LogP contribution in [-0.2, 0) is 0 Å². The number of rotatable bonds is 2. The fraction of sp³-hybridized carbons (Fsp3) is 0. The Bertz CT molecular complexity index is 3090. The van der Waals surface area contributed by atoms with E-state index in [1.165, 1.54) is 0 Å². The number of benzene rings is 6. The van der Waals surface area contributed by atoms with E-state index in [1.54, 1.807) is 0 Å². The molecule has 0 spiro atoms. The number of furan rings is 2. The minimum absolute atomic E-state index is 0.254. The van der Waals surface area contributed by atoms with Crippen molar-refractivity contribution in [3.8, 4) is 22.5 Å². The summed E-state index contributed by atoms with van der Waals surface area (Å²) in [6.07, 6.45) is 0. The molecule has 0 fully saturated rings. The van der Waals surface area contributed by atoms with Crippen LogP contribution in [0.2, 0.25) is 0 Å². The molecule has 0 amide bonds.